The minimum atomic E-state index is -0.357. The molecule has 0 radical (unpaired) electrons. The van der Waals surface area contributed by atoms with E-state index in [9.17, 15) is 9.59 Å². The van der Waals surface area contributed by atoms with Crippen molar-refractivity contribution in [2.45, 2.75) is 13.3 Å². The average Bonchev–Trinajstić information content (AvgIpc) is 2.41. The molecule has 0 spiro atoms. The summed E-state index contributed by atoms with van der Waals surface area (Å²) in [6.07, 6.45) is -0.211. The van der Waals surface area contributed by atoms with Crippen LogP contribution in [0.25, 0.3) is 0 Å². The normalized spacial score (nSPS) is 9.90. The number of nitrogens with one attached hydrogen (secondary N) is 2. The van der Waals surface area contributed by atoms with Gasteiger partial charge in [-0.3, -0.25) is 9.59 Å². The molecule has 1 rings (SSSR count). The first-order valence-electron chi connectivity index (χ1n) is 6.44. The second-order valence-corrected chi connectivity index (χ2v) is 4.03. The van der Waals surface area contributed by atoms with Gasteiger partial charge in [-0.15, -0.1) is 0 Å². The Morgan fingerprint density at radius 1 is 1.15 bits per heavy atom. The lowest BCUT2D eigenvalue weighted by Crippen LogP contribution is -2.30. The molecule has 2 amide bonds. The molecule has 0 bridgehead atoms. The van der Waals surface area contributed by atoms with E-state index in [0.29, 0.717) is 25.4 Å². The highest BCUT2D eigenvalue weighted by molar-refractivity contribution is 6.03. The van der Waals surface area contributed by atoms with Crippen LogP contribution in [0.3, 0.4) is 0 Å². The van der Waals surface area contributed by atoms with Crippen molar-refractivity contribution in [3.05, 3.63) is 24.3 Å². The van der Waals surface area contributed by atoms with Crippen molar-refractivity contribution in [3.8, 4) is 5.75 Å². The van der Waals surface area contributed by atoms with Gasteiger partial charge in [0.25, 0.3) is 0 Å². The number of hydrogen-bond donors (Lipinski definition) is 2. The Kier molecular flexibility index (Phi) is 7.13. The van der Waals surface area contributed by atoms with Crippen LogP contribution in [0.5, 0.6) is 5.75 Å². The van der Waals surface area contributed by atoms with Gasteiger partial charge in [0, 0.05) is 19.3 Å². The molecule has 0 saturated carbocycles. The topological polar surface area (TPSA) is 76.7 Å². The molecule has 0 aromatic heterocycles. The van der Waals surface area contributed by atoms with Crippen molar-refractivity contribution in [2.24, 2.45) is 0 Å². The molecule has 0 aliphatic heterocycles. The van der Waals surface area contributed by atoms with E-state index in [2.05, 4.69) is 10.6 Å². The largest absolute Gasteiger partial charge is 0.494 e. The van der Waals surface area contributed by atoms with Crippen LogP contribution in [0, 0.1) is 0 Å². The first kappa shape index (κ1) is 16.0. The van der Waals surface area contributed by atoms with Gasteiger partial charge < -0.3 is 20.1 Å². The molecular formula is C14H20N2O4. The maximum atomic E-state index is 11.6. The van der Waals surface area contributed by atoms with Crippen LogP contribution in [-0.2, 0) is 14.3 Å². The van der Waals surface area contributed by atoms with Crippen molar-refractivity contribution in [1.82, 2.24) is 5.32 Å². The molecular weight excluding hydrogens is 260 g/mol. The minimum Gasteiger partial charge on any atom is -0.494 e. The summed E-state index contributed by atoms with van der Waals surface area (Å²) in [5.74, 6) is 0.0531. The van der Waals surface area contributed by atoms with Gasteiger partial charge in [-0.1, -0.05) is 0 Å². The molecule has 6 heteroatoms. The lowest BCUT2D eigenvalue weighted by molar-refractivity contribution is -0.126. The Balaban J connectivity index is 2.36. The fourth-order valence-electron chi connectivity index (χ4n) is 1.51. The van der Waals surface area contributed by atoms with Crippen molar-refractivity contribution in [3.63, 3.8) is 0 Å². The summed E-state index contributed by atoms with van der Waals surface area (Å²) in [5, 5.41) is 5.23. The molecule has 0 heterocycles. The number of carbonyl (C=O) groups excluding carboxylic acids is 2. The van der Waals surface area contributed by atoms with Gasteiger partial charge in [0.15, 0.2) is 0 Å². The van der Waals surface area contributed by atoms with Crippen LogP contribution in [0.1, 0.15) is 13.3 Å². The fourth-order valence-corrected chi connectivity index (χ4v) is 1.51. The summed E-state index contributed by atoms with van der Waals surface area (Å²) in [4.78, 5) is 23.0. The van der Waals surface area contributed by atoms with Crippen molar-refractivity contribution < 1.29 is 19.1 Å². The van der Waals surface area contributed by atoms with E-state index >= 15 is 0 Å². The molecule has 0 aliphatic carbocycles. The molecule has 20 heavy (non-hydrogen) atoms. The average molecular weight is 280 g/mol. The van der Waals surface area contributed by atoms with Gasteiger partial charge in [0.2, 0.25) is 11.8 Å². The van der Waals surface area contributed by atoms with E-state index < -0.39 is 0 Å². The van der Waals surface area contributed by atoms with Gasteiger partial charge in [-0.25, -0.2) is 0 Å². The quantitative estimate of drug-likeness (QED) is 0.553. The van der Waals surface area contributed by atoms with Gasteiger partial charge in [0.05, 0.1) is 13.2 Å². The Labute approximate surface area is 118 Å². The number of methoxy groups -OCH3 is 1. The predicted octanol–water partition coefficient (Wildman–Crippen LogP) is 1.18. The number of ether oxygens (including phenoxy) is 2. The molecule has 0 saturated heterocycles. The van der Waals surface area contributed by atoms with Crippen LogP contribution < -0.4 is 15.4 Å². The lowest BCUT2D eigenvalue weighted by Gasteiger charge is -2.07. The maximum absolute atomic E-state index is 11.6. The van der Waals surface area contributed by atoms with E-state index in [1.54, 1.807) is 31.4 Å². The molecule has 0 unspecified atom stereocenters. The van der Waals surface area contributed by atoms with Gasteiger partial charge >= 0.3 is 0 Å². The zero-order valence-electron chi connectivity index (χ0n) is 11.8. The molecule has 0 aliphatic rings. The van der Waals surface area contributed by atoms with Crippen LogP contribution in [0.4, 0.5) is 5.69 Å². The van der Waals surface area contributed by atoms with E-state index in [0.717, 1.165) is 5.75 Å². The summed E-state index contributed by atoms with van der Waals surface area (Å²) in [6.45, 7) is 3.31. The third kappa shape index (κ3) is 6.19. The number of carbonyl (C=O) groups is 2. The van der Waals surface area contributed by atoms with E-state index in [4.69, 9.17) is 9.47 Å². The molecule has 0 fully saturated rings. The standard InChI is InChI=1S/C14H20N2O4/c1-3-20-12-6-4-11(5-7-12)16-14(18)10-13(17)15-8-9-19-2/h4-7H,3,8-10H2,1-2H3,(H,15,17)(H,16,18). The van der Waals surface area contributed by atoms with Crippen LogP contribution in [-0.4, -0.2) is 38.7 Å². The third-order valence-electron chi connectivity index (χ3n) is 2.40. The summed E-state index contributed by atoms with van der Waals surface area (Å²) in [7, 11) is 1.55. The maximum Gasteiger partial charge on any atom is 0.233 e. The molecule has 6 nitrogen and oxygen atoms in total. The first-order valence-corrected chi connectivity index (χ1v) is 6.44. The highest BCUT2D eigenvalue weighted by atomic mass is 16.5. The third-order valence-corrected chi connectivity index (χ3v) is 2.40. The zero-order chi connectivity index (χ0) is 14.8. The Morgan fingerprint density at radius 3 is 2.45 bits per heavy atom. The van der Waals surface area contributed by atoms with Gasteiger partial charge in [-0.05, 0) is 31.2 Å². The van der Waals surface area contributed by atoms with Crippen molar-refractivity contribution in [1.29, 1.82) is 0 Å². The van der Waals surface area contributed by atoms with Crippen LogP contribution >= 0.6 is 0 Å². The molecule has 1 aromatic carbocycles. The zero-order valence-corrected chi connectivity index (χ0v) is 11.8. The Morgan fingerprint density at radius 2 is 1.85 bits per heavy atom. The second-order valence-electron chi connectivity index (χ2n) is 4.03. The van der Waals surface area contributed by atoms with Gasteiger partial charge in [-0.2, -0.15) is 0 Å². The van der Waals surface area contributed by atoms with Crippen molar-refractivity contribution in [2.75, 3.05) is 32.2 Å². The highest BCUT2D eigenvalue weighted by Gasteiger charge is 2.09. The predicted molar refractivity (Wildman–Crippen MR) is 75.7 cm³/mol. The van der Waals surface area contributed by atoms with Crippen LogP contribution in [0.2, 0.25) is 0 Å². The summed E-state index contributed by atoms with van der Waals surface area (Å²) in [6, 6.07) is 6.98. The molecule has 1 aromatic rings. The molecule has 2 N–H and O–H groups in total. The first-order chi connectivity index (χ1) is 9.65. The minimum absolute atomic E-state index is 0.211. The summed E-state index contributed by atoms with van der Waals surface area (Å²) >= 11 is 0. The van der Waals surface area contributed by atoms with E-state index in [-0.39, 0.29) is 18.2 Å². The molecule has 0 atom stereocenters. The number of rotatable bonds is 8. The monoisotopic (exact) mass is 280 g/mol. The summed E-state index contributed by atoms with van der Waals surface area (Å²) < 4.78 is 10.1. The SMILES string of the molecule is CCOc1ccc(NC(=O)CC(=O)NCCOC)cc1. The molecule has 110 valence electrons. The Hall–Kier alpha value is -2.08. The van der Waals surface area contributed by atoms with Crippen molar-refractivity contribution >= 4 is 17.5 Å². The smallest absolute Gasteiger partial charge is 0.233 e. The van der Waals surface area contributed by atoms with Gasteiger partial charge in [0.1, 0.15) is 12.2 Å². The van der Waals surface area contributed by atoms with E-state index in [1.807, 2.05) is 6.92 Å². The fraction of sp³-hybridized carbons (Fsp3) is 0.429. The van der Waals surface area contributed by atoms with Crippen LogP contribution in [0.15, 0.2) is 24.3 Å². The second kappa shape index (κ2) is 8.92. The van der Waals surface area contributed by atoms with E-state index in [1.165, 1.54) is 0 Å². The number of amides is 2. The lowest BCUT2D eigenvalue weighted by atomic mass is 10.3. The summed E-state index contributed by atoms with van der Waals surface area (Å²) in [5.41, 5.74) is 0.628. The number of benzene rings is 1. The highest BCUT2D eigenvalue weighted by Crippen LogP contribution is 2.15. The number of anilines is 1. The Bertz CT molecular complexity index is 431. The number of hydrogen-bond acceptors (Lipinski definition) is 4.